The summed E-state index contributed by atoms with van der Waals surface area (Å²) in [7, 11) is 1.58. The van der Waals surface area contributed by atoms with Crippen LogP contribution in [0.25, 0.3) is 0 Å². The van der Waals surface area contributed by atoms with Gasteiger partial charge in [-0.15, -0.1) is 12.4 Å². The third-order valence-corrected chi connectivity index (χ3v) is 4.17. The first-order valence-corrected chi connectivity index (χ1v) is 6.20. The fourth-order valence-corrected chi connectivity index (χ4v) is 3.05. The molecule has 4 nitrogen and oxygen atoms in total. The molecule has 100 valence electrons. The van der Waals surface area contributed by atoms with Crippen LogP contribution in [0.1, 0.15) is 26.2 Å². The Balaban J connectivity index is 0.00000144. The zero-order valence-corrected chi connectivity index (χ0v) is 11.4. The van der Waals surface area contributed by atoms with Crippen LogP contribution in [0.4, 0.5) is 0 Å². The summed E-state index contributed by atoms with van der Waals surface area (Å²) in [6.07, 6.45) is 3.23. The normalized spacial score (nSPS) is 33.8. The van der Waals surface area contributed by atoms with E-state index < -0.39 is 0 Å². The third-order valence-electron chi connectivity index (χ3n) is 4.17. The lowest BCUT2D eigenvalue weighted by Gasteiger charge is -2.29. The first-order valence-electron chi connectivity index (χ1n) is 6.20. The van der Waals surface area contributed by atoms with Gasteiger partial charge in [0, 0.05) is 26.2 Å². The average Bonchev–Trinajstić information content (AvgIpc) is 2.72. The monoisotopic (exact) mass is 262 g/mol. The molecule has 4 atom stereocenters. The van der Waals surface area contributed by atoms with Crippen molar-refractivity contribution in [2.75, 3.05) is 20.2 Å². The largest absolute Gasteiger partial charge is 0.372 e. The van der Waals surface area contributed by atoms with Crippen molar-refractivity contribution in [1.82, 2.24) is 4.90 Å². The lowest BCUT2D eigenvalue weighted by atomic mass is 9.78. The molecule has 0 aromatic rings. The van der Waals surface area contributed by atoms with Crippen molar-refractivity contribution in [3.8, 4) is 0 Å². The number of amides is 1. The molecule has 1 saturated heterocycles. The van der Waals surface area contributed by atoms with Crippen molar-refractivity contribution >= 4 is 18.3 Å². The molecule has 0 spiro atoms. The number of likely N-dealkylation sites (tertiary alicyclic amines) is 1. The molecule has 1 heterocycles. The van der Waals surface area contributed by atoms with Crippen LogP contribution < -0.4 is 5.73 Å². The molecule has 0 radical (unpaired) electrons. The first kappa shape index (κ1) is 14.7. The van der Waals surface area contributed by atoms with Gasteiger partial charge in [0.1, 0.15) is 6.10 Å². The molecule has 1 saturated carbocycles. The van der Waals surface area contributed by atoms with Gasteiger partial charge in [-0.2, -0.15) is 0 Å². The van der Waals surface area contributed by atoms with E-state index >= 15 is 0 Å². The molecular formula is C12H23ClN2O2. The highest BCUT2D eigenvalue weighted by molar-refractivity contribution is 5.85. The van der Waals surface area contributed by atoms with Crippen LogP contribution >= 0.6 is 12.4 Å². The molecule has 4 unspecified atom stereocenters. The van der Waals surface area contributed by atoms with Gasteiger partial charge in [0.15, 0.2) is 0 Å². The van der Waals surface area contributed by atoms with E-state index in [1.165, 1.54) is 12.8 Å². The molecule has 2 rings (SSSR count). The van der Waals surface area contributed by atoms with Crippen LogP contribution in [0, 0.1) is 11.8 Å². The number of rotatable bonds is 2. The van der Waals surface area contributed by atoms with Crippen molar-refractivity contribution in [1.29, 1.82) is 0 Å². The van der Waals surface area contributed by atoms with E-state index in [1.54, 1.807) is 7.11 Å². The zero-order valence-electron chi connectivity index (χ0n) is 10.6. The zero-order chi connectivity index (χ0) is 11.7. The molecule has 0 aromatic carbocycles. The van der Waals surface area contributed by atoms with Gasteiger partial charge >= 0.3 is 0 Å². The van der Waals surface area contributed by atoms with E-state index in [9.17, 15) is 4.79 Å². The van der Waals surface area contributed by atoms with Crippen molar-refractivity contribution < 1.29 is 9.53 Å². The molecule has 0 bridgehead atoms. The van der Waals surface area contributed by atoms with E-state index in [-0.39, 0.29) is 30.5 Å². The Morgan fingerprint density at radius 1 is 1.41 bits per heavy atom. The predicted molar refractivity (Wildman–Crippen MR) is 69.1 cm³/mol. The highest BCUT2D eigenvalue weighted by atomic mass is 35.5. The number of ether oxygens (including phenoxy) is 1. The Morgan fingerprint density at radius 3 is 2.71 bits per heavy atom. The fourth-order valence-electron chi connectivity index (χ4n) is 3.05. The van der Waals surface area contributed by atoms with Gasteiger partial charge in [-0.25, -0.2) is 0 Å². The number of methoxy groups -OCH3 is 1. The second-order valence-corrected chi connectivity index (χ2v) is 5.14. The summed E-state index contributed by atoms with van der Waals surface area (Å²) in [6.45, 7) is 3.52. The summed E-state index contributed by atoms with van der Waals surface area (Å²) >= 11 is 0. The molecule has 0 aromatic heterocycles. The number of nitrogens with zero attached hydrogens (tertiary/aromatic N) is 1. The van der Waals surface area contributed by atoms with E-state index in [1.807, 2.05) is 11.8 Å². The maximum atomic E-state index is 12.0. The topological polar surface area (TPSA) is 55.6 Å². The van der Waals surface area contributed by atoms with E-state index in [0.717, 1.165) is 19.5 Å². The maximum absolute atomic E-state index is 12.0. The number of carbonyl (C=O) groups excluding carboxylic acids is 1. The van der Waals surface area contributed by atoms with Gasteiger partial charge in [0.25, 0.3) is 5.91 Å². The number of fused-ring (bicyclic) bond motifs is 1. The van der Waals surface area contributed by atoms with Crippen molar-refractivity contribution in [3.05, 3.63) is 0 Å². The summed E-state index contributed by atoms with van der Waals surface area (Å²) in [4.78, 5) is 13.9. The molecule has 1 aliphatic carbocycles. The number of hydrogen-bond acceptors (Lipinski definition) is 3. The Kier molecular flexibility index (Phi) is 5.22. The summed E-state index contributed by atoms with van der Waals surface area (Å²) in [5.74, 6) is 1.25. The third kappa shape index (κ3) is 2.92. The maximum Gasteiger partial charge on any atom is 0.251 e. The van der Waals surface area contributed by atoms with Gasteiger partial charge in [0.2, 0.25) is 0 Å². The highest BCUT2D eigenvalue weighted by Crippen LogP contribution is 2.35. The van der Waals surface area contributed by atoms with E-state index in [0.29, 0.717) is 11.8 Å². The van der Waals surface area contributed by atoms with E-state index in [4.69, 9.17) is 10.5 Å². The summed E-state index contributed by atoms with van der Waals surface area (Å²) in [5.41, 5.74) is 6.12. The average molecular weight is 263 g/mol. The summed E-state index contributed by atoms with van der Waals surface area (Å²) in [6, 6.07) is 0.286. The molecule has 17 heavy (non-hydrogen) atoms. The van der Waals surface area contributed by atoms with Gasteiger partial charge in [-0.05, 0) is 31.6 Å². The quantitative estimate of drug-likeness (QED) is 0.809. The Hall–Kier alpha value is -0.320. The second-order valence-electron chi connectivity index (χ2n) is 5.14. The molecule has 2 aliphatic rings. The van der Waals surface area contributed by atoms with Crippen LogP contribution in [0.15, 0.2) is 0 Å². The lowest BCUT2D eigenvalue weighted by Crippen LogP contribution is -2.40. The minimum Gasteiger partial charge on any atom is -0.372 e. The molecular weight excluding hydrogens is 240 g/mol. The van der Waals surface area contributed by atoms with Crippen LogP contribution in [0.3, 0.4) is 0 Å². The molecule has 1 amide bonds. The number of hydrogen-bond donors (Lipinski definition) is 1. The van der Waals surface area contributed by atoms with Crippen LogP contribution in [0.5, 0.6) is 0 Å². The second kappa shape index (κ2) is 6.03. The van der Waals surface area contributed by atoms with Crippen molar-refractivity contribution in [3.63, 3.8) is 0 Å². The van der Waals surface area contributed by atoms with Crippen LogP contribution in [0.2, 0.25) is 0 Å². The van der Waals surface area contributed by atoms with Crippen LogP contribution in [-0.4, -0.2) is 43.2 Å². The highest BCUT2D eigenvalue weighted by Gasteiger charge is 2.41. The molecule has 1 aliphatic heterocycles. The fraction of sp³-hybridized carbons (Fsp3) is 0.917. The Bertz CT molecular complexity index is 275. The van der Waals surface area contributed by atoms with Gasteiger partial charge < -0.3 is 15.4 Å². The van der Waals surface area contributed by atoms with Crippen molar-refractivity contribution in [2.24, 2.45) is 17.6 Å². The Morgan fingerprint density at radius 2 is 2.12 bits per heavy atom. The molecule has 2 fully saturated rings. The minimum absolute atomic E-state index is 0. The van der Waals surface area contributed by atoms with E-state index in [2.05, 4.69) is 0 Å². The number of nitrogens with two attached hydrogens (primary N) is 1. The van der Waals surface area contributed by atoms with Gasteiger partial charge in [-0.3, -0.25) is 4.79 Å². The Labute approximate surface area is 109 Å². The predicted octanol–water partition coefficient (Wildman–Crippen LogP) is 1.03. The minimum atomic E-state index is -0.323. The first-order chi connectivity index (χ1) is 7.63. The van der Waals surface area contributed by atoms with Gasteiger partial charge in [0.05, 0.1) is 0 Å². The molecule has 5 heteroatoms. The van der Waals surface area contributed by atoms with Crippen LogP contribution in [-0.2, 0) is 9.53 Å². The summed E-state index contributed by atoms with van der Waals surface area (Å²) < 4.78 is 5.08. The summed E-state index contributed by atoms with van der Waals surface area (Å²) in [5, 5.41) is 0. The van der Waals surface area contributed by atoms with Gasteiger partial charge in [-0.1, -0.05) is 6.42 Å². The molecule has 2 N–H and O–H groups in total. The van der Waals surface area contributed by atoms with Crippen molar-refractivity contribution in [2.45, 2.75) is 38.3 Å². The SMILES string of the molecule is COC(C)C(=O)N1CC2CCCC(N)C2C1.Cl. The lowest BCUT2D eigenvalue weighted by molar-refractivity contribution is -0.140. The number of carbonyl (C=O) groups is 1. The standard InChI is InChI=1S/C12H22N2O2.ClH/c1-8(16-2)12(15)14-6-9-4-3-5-11(13)10(9)7-14;/h8-11H,3-7,13H2,1-2H3;1H. The smallest absolute Gasteiger partial charge is 0.251 e. The number of halogens is 1.